The first-order chi connectivity index (χ1) is 22.1. The number of pyridine rings is 1. The molecule has 2 bridgehead atoms. The molecule has 3 fully saturated rings. The van der Waals surface area contributed by atoms with Crippen molar-refractivity contribution in [3.05, 3.63) is 88.1 Å². The summed E-state index contributed by atoms with van der Waals surface area (Å²) in [5.41, 5.74) is 10.7. The van der Waals surface area contributed by atoms with Gasteiger partial charge in [0.15, 0.2) is 0 Å². The fraction of sp³-hybridized carbons (Fsp3) is 0.444. The number of carbonyl (C=O) groups excluding carboxylic acids is 3. The highest BCUT2D eigenvalue weighted by molar-refractivity contribution is 6.00. The average Bonchev–Trinajstić information content (AvgIpc) is 3.31. The number of piperazine rings is 1. The molecule has 0 radical (unpaired) electrons. The van der Waals surface area contributed by atoms with Crippen LogP contribution in [0.4, 0.5) is 11.5 Å². The first kappa shape index (κ1) is 31.5. The zero-order valence-corrected chi connectivity index (χ0v) is 27.3. The summed E-state index contributed by atoms with van der Waals surface area (Å²) in [5.74, 6) is 0.113. The van der Waals surface area contributed by atoms with Crippen LogP contribution in [0.2, 0.25) is 0 Å². The molecule has 1 unspecified atom stereocenters. The van der Waals surface area contributed by atoms with E-state index in [-0.39, 0.29) is 36.0 Å². The predicted molar refractivity (Wildman–Crippen MR) is 180 cm³/mol. The fourth-order valence-electron chi connectivity index (χ4n) is 7.33. The molecular weight excluding hydrogens is 578 g/mol. The molecule has 10 nitrogen and oxygen atoms in total. The van der Waals surface area contributed by atoms with E-state index in [1.165, 1.54) is 5.69 Å². The van der Waals surface area contributed by atoms with Crippen molar-refractivity contribution in [1.29, 1.82) is 0 Å². The minimum absolute atomic E-state index is 0.0546. The van der Waals surface area contributed by atoms with Crippen LogP contribution in [0.1, 0.15) is 86.4 Å². The Morgan fingerprint density at radius 2 is 1.50 bits per heavy atom. The summed E-state index contributed by atoms with van der Waals surface area (Å²) >= 11 is 0. The van der Waals surface area contributed by atoms with Crippen molar-refractivity contribution in [3.63, 3.8) is 0 Å². The highest BCUT2D eigenvalue weighted by atomic mass is 16.2. The van der Waals surface area contributed by atoms with E-state index < -0.39 is 5.91 Å². The molecule has 3 aliphatic rings. The standard InChI is InChI=1S/C36H45N7O3/c1-22-18-32(23(2)17-31(22)34(37)44)36(46)40-27-19-29-10-11-30(20-27)43(29)33-12-7-26(21-38-33)35(45)39-24(3)25-5-8-28(9-6-25)42-15-13-41(4)14-16-42/h5-9,12,17-18,21,24,27,29-30H,10-11,13-16,19-20H2,1-4H3,(H2,37,44)(H,39,45)(H,40,46)/t24-,27?,29-,30+/m0/s1. The second-order valence-electron chi connectivity index (χ2n) is 13.3. The highest BCUT2D eigenvalue weighted by Gasteiger charge is 2.42. The third-order valence-electron chi connectivity index (χ3n) is 10.0. The van der Waals surface area contributed by atoms with Crippen molar-refractivity contribution in [2.45, 2.75) is 70.6 Å². The van der Waals surface area contributed by atoms with E-state index in [0.29, 0.717) is 22.3 Å². The summed E-state index contributed by atoms with van der Waals surface area (Å²) in [6.45, 7) is 9.81. The average molecular weight is 624 g/mol. The lowest BCUT2D eigenvalue weighted by molar-refractivity contribution is 0.0921. The Morgan fingerprint density at radius 3 is 2.11 bits per heavy atom. The summed E-state index contributed by atoms with van der Waals surface area (Å²) in [6.07, 6.45) is 5.40. The van der Waals surface area contributed by atoms with Crippen LogP contribution in [0.3, 0.4) is 0 Å². The zero-order valence-electron chi connectivity index (χ0n) is 27.3. The Balaban J connectivity index is 1.04. The Kier molecular flexibility index (Phi) is 8.99. The lowest BCUT2D eigenvalue weighted by Crippen LogP contribution is -2.50. The van der Waals surface area contributed by atoms with Gasteiger partial charge in [-0.05, 0) is 107 Å². The summed E-state index contributed by atoms with van der Waals surface area (Å²) in [5, 5.41) is 6.37. The van der Waals surface area contributed by atoms with Gasteiger partial charge in [-0.15, -0.1) is 0 Å². The van der Waals surface area contributed by atoms with Crippen molar-refractivity contribution < 1.29 is 14.4 Å². The number of aryl methyl sites for hydroxylation is 2. The van der Waals surface area contributed by atoms with Gasteiger partial charge in [0.2, 0.25) is 5.91 Å². The smallest absolute Gasteiger partial charge is 0.253 e. The topological polar surface area (TPSA) is 124 Å². The monoisotopic (exact) mass is 623 g/mol. The van der Waals surface area contributed by atoms with Gasteiger partial charge in [0.1, 0.15) is 5.82 Å². The van der Waals surface area contributed by atoms with Crippen molar-refractivity contribution >= 4 is 29.2 Å². The van der Waals surface area contributed by atoms with Crippen molar-refractivity contribution in [2.75, 3.05) is 43.0 Å². The van der Waals surface area contributed by atoms with E-state index in [0.717, 1.165) is 68.8 Å². The number of carbonyl (C=O) groups is 3. The fourth-order valence-corrected chi connectivity index (χ4v) is 7.33. The SMILES string of the molecule is Cc1cc(C(=O)NC2C[C@H]3CC[C@@H](C2)N3c2ccc(C(=O)N[C@@H](C)c3ccc(N4CCN(C)CC4)cc3)cn2)c(C)cc1C(N)=O. The number of nitrogens with one attached hydrogen (secondary N) is 2. The van der Waals surface area contributed by atoms with Crippen LogP contribution >= 0.6 is 0 Å². The minimum Gasteiger partial charge on any atom is -0.369 e. The lowest BCUT2D eigenvalue weighted by atomic mass is 9.95. The molecule has 2 aromatic carbocycles. The highest BCUT2D eigenvalue weighted by Crippen LogP contribution is 2.38. The normalized spacial score (nSPS) is 22.0. The third kappa shape index (κ3) is 6.58. The molecule has 3 saturated heterocycles. The Hall–Kier alpha value is -4.44. The van der Waals surface area contributed by atoms with Gasteiger partial charge in [-0.1, -0.05) is 12.1 Å². The molecule has 3 aromatic rings. The number of primary amides is 1. The summed E-state index contributed by atoms with van der Waals surface area (Å²) in [7, 11) is 2.16. The van der Waals surface area contributed by atoms with Gasteiger partial charge in [-0.25, -0.2) is 4.98 Å². The van der Waals surface area contributed by atoms with Crippen LogP contribution in [-0.4, -0.2) is 79.0 Å². The number of likely N-dealkylation sites (N-methyl/N-ethyl adjacent to an activating group) is 1. The van der Waals surface area contributed by atoms with E-state index in [1.54, 1.807) is 25.3 Å². The second kappa shape index (κ2) is 13.1. The number of fused-ring (bicyclic) bond motifs is 2. The van der Waals surface area contributed by atoms with Gasteiger partial charge in [-0.2, -0.15) is 0 Å². The van der Waals surface area contributed by atoms with Crippen molar-refractivity contribution in [3.8, 4) is 0 Å². The molecule has 10 heteroatoms. The van der Waals surface area contributed by atoms with Gasteiger partial charge >= 0.3 is 0 Å². The number of benzene rings is 2. The number of nitrogens with zero attached hydrogens (tertiary/aromatic N) is 4. The van der Waals surface area contributed by atoms with Crippen LogP contribution < -0.4 is 26.2 Å². The van der Waals surface area contributed by atoms with Crippen LogP contribution in [0.25, 0.3) is 0 Å². The largest absolute Gasteiger partial charge is 0.369 e. The number of amides is 3. The van der Waals surface area contributed by atoms with Gasteiger partial charge in [0, 0.05) is 67.3 Å². The molecule has 46 heavy (non-hydrogen) atoms. The van der Waals surface area contributed by atoms with Crippen LogP contribution in [0.15, 0.2) is 54.7 Å². The maximum absolute atomic E-state index is 13.2. The second-order valence-corrected chi connectivity index (χ2v) is 13.3. The minimum atomic E-state index is -0.490. The van der Waals surface area contributed by atoms with Gasteiger partial charge < -0.3 is 31.1 Å². The molecule has 4 N–H and O–H groups in total. The maximum atomic E-state index is 13.2. The van der Waals surface area contributed by atoms with E-state index in [4.69, 9.17) is 10.7 Å². The number of hydrogen-bond acceptors (Lipinski definition) is 7. The molecule has 0 aliphatic carbocycles. The Labute approximate surface area is 271 Å². The summed E-state index contributed by atoms with van der Waals surface area (Å²) in [4.78, 5) is 49.9. The number of piperidine rings is 1. The molecular formula is C36H45N7O3. The number of aromatic nitrogens is 1. The van der Waals surface area contributed by atoms with E-state index in [2.05, 4.69) is 56.6 Å². The number of rotatable bonds is 8. The first-order valence-electron chi connectivity index (χ1n) is 16.4. The molecule has 3 aliphatic heterocycles. The molecule has 3 amide bonds. The predicted octanol–water partition coefficient (Wildman–Crippen LogP) is 3.97. The molecule has 4 heterocycles. The Morgan fingerprint density at radius 1 is 0.870 bits per heavy atom. The van der Waals surface area contributed by atoms with E-state index in [1.807, 2.05) is 26.0 Å². The molecule has 4 atom stereocenters. The van der Waals surface area contributed by atoms with Crippen LogP contribution in [0, 0.1) is 13.8 Å². The van der Waals surface area contributed by atoms with Crippen molar-refractivity contribution in [2.24, 2.45) is 5.73 Å². The Bertz CT molecular complexity index is 1590. The third-order valence-corrected chi connectivity index (χ3v) is 10.0. The van der Waals surface area contributed by atoms with Crippen molar-refractivity contribution in [1.82, 2.24) is 20.5 Å². The molecule has 6 rings (SSSR count). The van der Waals surface area contributed by atoms with Crippen LogP contribution in [-0.2, 0) is 0 Å². The molecule has 0 saturated carbocycles. The van der Waals surface area contributed by atoms with E-state index in [9.17, 15) is 14.4 Å². The van der Waals surface area contributed by atoms with E-state index >= 15 is 0 Å². The molecule has 242 valence electrons. The number of anilines is 2. The van der Waals surface area contributed by atoms with Gasteiger partial charge in [-0.3, -0.25) is 14.4 Å². The summed E-state index contributed by atoms with van der Waals surface area (Å²) < 4.78 is 0. The number of nitrogens with two attached hydrogens (primary N) is 1. The first-order valence-corrected chi connectivity index (χ1v) is 16.4. The quantitative estimate of drug-likeness (QED) is 0.347. The van der Waals surface area contributed by atoms with Gasteiger partial charge in [0.25, 0.3) is 11.8 Å². The lowest BCUT2D eigenvalue weighted by Gasteiger charge is -2.40. The van der Waals surface area contributed by atoms with Crippen LogP contribution in [0.5, 0.6) is 0 Å². The molecule has 1 aromatic heterocycles. The number of hydrogen-bond donors (Lipinski definition) is 3. The summed E-state index contributed by atoms with van der Waals surface area (Å²) in [6, 6.07) is 16.2. The molecule has 0 spiro atoms. The van der Waals surface area contributed by atoms with Gasteiger partial charge in [0.05, 0.1) is 11.6 Å². The zero-order chi connectivity index (χ0) is 32.5. The maximum Gasteiger partial charge on any atom is 0.253 e.